The lowest BCUT2D eigenvalue weighted by Crippen LogP contribution is -2.50. The number of amides is 3. The Balaban J connectivity index is 1.09. The monoisotopic (exact) mass is 404 g/mol. The topological polar surface area (TPSA) is 55.9 Å². The molecule has 6 heteroatoms. The number of piperazine rings is 1. The van der Waals surface area contributed by atoms with Crippen LogP contribution in [0.15, 0.2) is 48.5 Å². The number of rotatable bonds is 5. The number of hydrogen-bond acceptors (Lipinski definition) is 4. The van der Waals surface area contributed by atoms with Crippen LogP contribution >= 0.6 is 0 Å². The first-order valence-corrected chi connectivity index (χ1v) is 10.9. The molecule has 2 aromatic rings. The van der Waals surface area contributed by atoms with Gasteiger partial charge in [0.15, 0.2) is 0 Å². The Hall–Kier alpha value is -2.70. The molecule has 0 radical (unpaired) electrons. The highest BCUT2D eigenvalue weighted by Gasteiger charge is 2.30. The number of hydrogen-bond donors (Lipinski definition) is 1. The molecule has 2 saturated heterocycles. The summed E-state index contributed by atoms with van der Waals surface area (Å²) in [6.45, 7) is 5.65. The zero-order valence-corrected chi connectivity index (χ0v) is 17.2. The van der Waals surface area contributed by atoms with E-state index >= 15 is 0 Å². The summed E-state index contributed by atoms with van der Waals surface area (Å²) >= 11 is 0. The summed E-state index contributed by atoms with van der Waals surface area (Å²) in [6.07, 6.45) is 3.37. The zero-order chi connectivity index (χ0) is 20.5. The molecule has 0 unspecified atom stereocenters. The van der Waals surface area contributed by atoms with Crippen molar-refractivity contribution >= 4 is 17.6 Å². The molecule has 6 nitrogen and oxygen atoms in total. The maximum atomic E-state index is 11.8. The van der Waals surface area contributed by atoms with Gasteiger partial charge in [-0.1, -0.05) is 36.4 Å². The molecule has 0 spiro atoms. The van der Waals surface area contributed by atoms with Crippen molar-refractivity contribution in [2.24, 2.45) is 0 Å². The van der Waals surface area contributed by atoms with Crippen LogP contribution in [0.2, 0.25) is 0 Å². The fourth-order valence-electron chi connectivity index (χ4n) is 4.93. The molecular weight excluding hydrogens is 376 g/mol. The third-order valence-electron chi connectivity index (χ3n) is 6.71. The Morgan fingerprint density at radius 3 is 2.13 bits per heavy atom. The minimum atomic E-state index is -0.337. The van der Waals surface area contributed by atoms with E-state index in [4.69, 9.17) is 0 Å². The Morgan fingerprint density at radius 1 is 0.867 bits per heavy atom. The number of carbonyl (C=O) groups excluding carboxylic acids is 2. The van der Waals surface area contributed by atoms with Crippen LogP contribution in [0, 0.1) is 0 Å². The third-order valence-corrected chi connectivity index (χ3v) is 6.71. The van der Waals surface area contributed by atoms with Gasteiger partial charge in [0.2, 0.25) is 0 Å². The van der Waals surface area contributed by atoms with E-state index in [1.54, 1.807) is 0 Å². The van der Waals surface area contributed by atoms with Gasteiger partial charge < -0.3 is 10.2 Å². The van der Waals surface area contributed by atoms with Crippen molar-refractivity contribution in [3.63, 3.8) is 0 Å². The smallest absolute Gasteiger partial charge is 0.328 e. The van der Waals surface area contributed by atoms with Gasteiger partial charge >= 0.3 is 6.03 Å². The van der Waals surface area contributed by atoms with E-state index in [0.717, 1.165) is 39.1 Å². The van der Waals surface area contributed by atoms with E-state index in [1.165, 1.54) is 34.4 Å². The molecule has 156 valence electrons. The van der Waals surface area contributed by atoms with Gasteiger partial charge in [-0.2, -0.15) is 0 Å². The van der Waals surface area contributed by atoms with E-state index in [2.05, 4.69) is 39.4 Å². The van der Waals surface area contributed by atoms with Gasteiger partial charge in [0.1, 0.15) is 0 Å². The SMILES string of the molecule is O=C1CNC(=O)N1c1ccc(CCN2CCN(C3Cc4ccccc4C3)CC2)cc1. The summed E-state index contributed by atoms with van der Waals surface area (Å²) in [6, 6.07) is 17.0. The van der Waals surface area contributed by atoms with Crippen LogP contribution in [0.4, 0.5) is 10.5 Å². The van der Waals surface area contributed by atoms with E-state index in [1.807, 2.05) is 24.3 Å². The van der Waals surface area contributed by atoms with Crippen molar-refractivity contribution in [3.8, 4) is 0 Å². The maximum Gasteiger partial charge on any atom is 0.329 e. The molecule has 3 amide bonds. The van der Waals surface area contributed by atoms with Crippen molar-refractivity contribution in [3.05, 3.63) is 65.2 Å². The van der Waals surface area contributed by atoms with Crippen LogP contribution in [0.5, 0.6) is 0 Å². The van der Waals surface area contributed by atoms with Gasteiger partial charge in [0, 0.05) is 38.8 Å². The quantitative estimate of drug-likeness (QED) is 0.776. The lowest BCUT2D eigenvalue weighted by molar-refractivity contribution is -0.115. The molecular formula is C24H28N4O2. The number of imide groups is 1. The molecule has 2 aliphatic heterocycles. The summed E-state index contributed by atoms with van der Waals surface area (Å²) < 4.78 is 0. The van der Waals surface area contributed by atoms with Crippen LogP contribution in [-0.4, -0.2) is 67.0 Å². The van der Waals surface area contributed by atoms with E-state index in [-0.39, 0.29) is 18.5 Å². The highest BCUT2D eigenvalue weighted by atomic mass is 16.2. The summed E-state index contributed by atoms with van der Waals surface area (Å²) in [5.74, 6) is -0.198. The lowest BCUT2D eigenvalue weighted by atomic mass is 10.1. The molecule has 30 heavy (non-hydrogen) atoms. The number of fused-ring (bicyclic) bond motifs is 1. The van der Waals surface area contributed by atoms with Crippen LogP contribution in [-0.2, 0) is 24.1 Å². The molecule has 2 aromatic carbocycles. The van der Waals surface area contributed by atoms with E-state index in [0.29, 0.717) is 11.7 Å². The molecule has 1 aliphatic carbocycles. The van der Waals surface area contributed by atoms with Crippen LogP contribution in [0.25, 0.3) is 0 Å². The molecule has 0 bridgehead atoms. The zero-order valence-electron chi connectivity index (χ0n) is 17.2. The molecule has 0 saturated carbocycles. The number of urea groups is 1. The first-order chi connectivity index (χ1) is 14.7. The predicted molar refractivity (Wildman–Crippen MR) is 117 cm³/mol. The molecule has 2 heterocycles. The highest BCUT2D eigenvalue weighted by Crippen LogP contribution is 2.26. The van der Waals surface area contributed by atoms with E-state index < -0.39 is 0 Å². The fraction of sp³-hybridized carbons (Fsp3) is 0.417. The summed E-state index contributed by atoms with van der Waals surface area (Å²) in [5, 5.41) is 2.56. The van der Waals surface area contributed by atoms with Gasteiger partial charge in [-0.25, -0.2) is 9.69 Å². The fourth-order valence-corrected chi connectivity index (χ4v) is 4.93. The highest BCUT2D eigenvalue weighted by molar-refractivity contribution is 6.19. The number of carbonyl (C=O) groups is 2. The van der Waals surface area contributed by atoms with Gasteiger partial charge in [-0.05, 0) is 48.1 Å². The third kappa shape index (κ3) is 3.85. The Labute approximate surface area is 177 Å². The summed E-state index contributed by atoms with van der Waals surface area (Å²) in [4.78, 5) is 30.0. The van der Waals surface area contributed by atoms with Gasteiger partial charge in [0.05, 0.1) is 12.2 Å². The first kappa shape index (κ1) is 19.3. The molecule has 3 aliphatic rings. The van der Waals surface area contributed by atoms with Gasteiger partial charge in [-0.3, -0.25) is 9.69 Å². The molecule has 0 aromatic heterocycles. The van der Waals surface area contributed by atoms with Crippen LogP contribution < -0.4 is 10.2 Å². The summed E-state index contributed by atoms with van der Waals surface area (Å²) in [5.41, 5.74) is 4.94. The number of nitrogens with one attached hydrogen (secondary N) is 1. The molecule has 0 atom stereocenters. The number of anilines is 1. The Kier molecular flexibility index (Phi) is 5.27. The second-order valence-electron chi connectivity index (χ2n) is 8.51. The Morgan fingerprint density at radius 2 is 1.53 bits per heavy atom. The second-order valence-corrected chi connectivity index (χ2v) is 8.51. The average Bonchev–Trinajstić information content (AvgIpc) is 3.36. The van der Waals surface area contributed by atoms with Crippen molar-refractivity contribution in [2.75, 3.05) is 44.2 Å². The molecule has 2 fully saturated rings. The molecule has 1 N–H and O–H groups in total. The minimum absolute atomic E-state index is 0.0828. The van der Waals surface area contributed by atoms with Crippen molar-refractivity contribution in [1.29, 1.82) is 0 Å². The normalized spacial score (nSPS) is 20.6. The number of benzene rings is 2. The van der Waals surface area contributed by atoms with Crippen LogP contribution in [0.3, 0.4) is 0 Å². The van der Waals surface area contributed by atoms with Crippen LogP contribution in [0.1, 0.15) is 16.7 Å². The van der Waals surface area contributed by atoms with Crippen molar-refractivity contribution < 1.29 is 9.59 Å². The predicted octanol–water partition coefficient (Wildman–Crippen LogP) is 2.07. The standard InChI is InChI=1S/C24H28N4O2/c29-23-17-25-24(30)28(23)21-7-5-18(6-8-21)9-10-26-11-13-27(14-12-26)22-15-19-3-1-2-4-20(19)16-22/h1-8,22H,9-17H2,(H,25,30). The van der Waals surface area contributed by atoms with E-state index in [9.17, 15) is 9.59 Å². The summed E-state index contributed by atoms with van der Waals surface area (Å²) in [7, 11) is 0. The largest absolute Gasteiger partial charge is 0.329 e. The molecule has 5 rings (SSSR count). The minimum Gasteiger partial charge on any atom is -0.328 e. The first-order valence-electron chi connectivity index (χ1n) is 10.9. The van der Waals surface area contributed by atoms with Gasteiger partial charge in [0.25, 0.3) is 5.91 Å². The number of nitrogens with zero attached hydrogens (tertiary/aromatic N) is 3. The van der Waals surface area contributed by atoms with Gasteiger partial charge in [-0.15, -0.1) is 0 Å². The van der Waals surface area contributed by atoms with Crippen molar-refractivity contribution in [2.45, 2.75) is 25.3 Å². The second kappa shape index (κ2) is 8.20. The average molecular weight is 405 g/mol. The van der Waals surface area contributed by atoms with Crippen molar-refractivity contribution in [1.82, 2.24) is 15.1 Å². The maximum absolute atomic E-state index is 11.8. The Bertz CT molecular complexity index is 893. The lowest BCUT2D eigenvalue weighted by Gasteiger charge is -2.38.